The SMILES string of the molecule is CC(C)OCCCNC(=O)C1CCN(CC(=O)Nc2cc(C(C)(C)C)nn2-c2ccccc2)CC1. The maximum absolute atomic E-state index is 12.9. The highest BCUT2D eigenvalue weighted by Gasteiger charge is 2.26. The summed E-state index contributed by atoms with van der Waals surface area (Å²) in [6.45, 7) is 13.4. The molecule has 35 heavy (non-hydrogen) atoms. The molecule has 0 saturated carbocycles. The van der Waals surface area contributed by atoms with Crippen LogP contribution in [-0.2, 0) is 19.7 Å². The Bertz CT molecular complexity index is 957. The average Bonchev–Trinajstić information content (AvgIpc) is 3.24. The smallest absolute Gasteiger partial charge is 0.239 e. The fraction of sp³-hybridized carbons (Fsp3) is 0.593. The number of ether oxygens (including phenoxy) is 1. The van der Waals surface area contributed by atoms with Crippen molar-refractivity contribution in [2.24, 2.45) is 5.92 Å². The van der Waals surface area contributed by atoms with E-state index in [1.54, 1.807) is 4.68 Å². The zero-order valence-corrected chi connectivity index (χ0v) is 21.8. The number of hydrogen-bond donors (Lipinski definition) is 2. The molecule has 192 valence electrons. The first-order valence-electron chi connectivity index (χ1n) is 12.7. The van der Waals surface area contributed by atoms with Gasteiger partial charge in [-0.15, -0.1) is 0 Å². The molecular weight excluding hydrogens is 442 g/mol. The third-order valence-electron chi connectivity index (χ3n) is 6.14. The van der Waals surface area contributed by atoms with Crippen LogP contribution in [0.15, 0.2) is 36.4 Å². The van der Waals surface area contributed by atoms with Crippen LogP contribution in [0.1, 0.15) is 59.6 Å². The summed E-state index contributed by atoms with van der Waals surface area (Å²) in [5.41, 5.74) is 1.68. The van der Waals surface area contributed by atoms with E-state index < -0.39 is 0 Å². The molecule has 0 aliphatic carbocycles. The van der Waals surface area contributed by atoms with Crippen molar-refractivity contribution in [3.05, 3.63) is 42.1 Å². The van der Waals surface area contributed by atoms with Gasteiger partial charge in [-0.1, -0.05) is 39.0 Å². The Morgan fingerprint density at radius 2 is 1.83 bits per heavy atom. The van der Waals surface area contributed by atoms with Crippen LogP contribution < -0.4 is 10.6 Å². The van der Waals surface area contributed by atoms with E-state index in [1.165, 1.54) is 0 Å². The molecule has 1 aliphatic heterocycles. The zero-order chi connectivity index (χ0) is 25.4. The molecule has 0 spiro atoms. The number of para-hydroxylation sites is 1. The Hall–Kier alpha value is -2.71. The van der Waals surface area contributed by atoms with E-state index in [0.29, 0.717) is 25.5 Å². The van der Waals surface area contributed by atoms with E-state index >= 15 is 0 Å². The summed E-state index contributed by atoms with van der Waals surface area (Å²) in [7, 11) is 0. The molecule has 0 unspecified atom stereocenters. The lowest BCUT2D eigenvalue weighted by molar-refractivity contribution is -0.126. The minimum absolute atomic E-state index is 0.00850. The number of piperidine rings is 1. The van der Waals surface area contributed by atoms with Crippen LogP contribution in [0, 0.1) is 5.92 Å². The molecule has 1 fully saturated rings. The number of nitrogens with zero attached hydrogens (tertiary/aromatic N) is 3. The van der Waals surface area contributed by atoms with Crippen LogP contribution >= 0.6 is 0 Å². The summed E-state index contributed by atoms with van der Waals surface area (Å²) in [4.78, 5) is 27.5. The summed E-state index contributed by atoms with van der Waals surface area (Å²) in [6, 6.07) is 11.8. The van der Waals surface area contributed by atoms with Crippen LogP contribution in [0.5, 0.6) is 0 Å². The van der Waals surface area contributed by atoms with Gasteiger partial charge in [0.15, 0.2) is 0 Å². The number of benzene rings is 1. The Labute approximate surface area is 209 Å². The molecule has 0 radical (unpaired) electrons. The van der Waals surface area contributed by atoms with Gasteiger partial charge in [-0.25, -0.2) is 4.68 Å². The van der Waals surface area contributed by atoms with E-state index in [4.69, 9.17) is 9.84 Å². The first kappa shape index (κ1) is 26.9. The molecule has 2 N–H and O–H groups in total. The standard InChI is InChI=1S/C27H41N5O3/c1-20(2)35-17-9-14-28-26(34)21-12-15-31(16-13-21)19-25(33)29-24-18-23(27(3,4)5)30-32(24)22-10-7-6-8-11-22/h6-8,10-11,18,20-21H,9,12-17,19H2,1-5H3,(H,28,34)(H,29,33). The molecule has 0 bridgehead atoms. The molecular formula is C27H41N5O3. The molecule has 0 atom stereocenters. The molecule has 1 saturated heterocycles. The van der Waals surface area contributed by atoms with Crippen molar-refractivity contribution in [1.29, 1.82) is 0 Å². The molecule has 1 aromatic carbocycles. The van der Waals surface area contributed by atoms with Gasteiger partial charge in [0.2, 0.25) is 11.8 Å². The third-order valence-corrected chi connectivity index (χ3v) is 6.14. The maximum Gasteiger partial charge on any atom is 0.239 e. The van der Waals surface area contributed by atoms with Crippen LogP contribution in [0.4, 0.5) is 5.82 Å². The fourth-order valence-corrected chi connectivity index (χ4v) is 4.09. The van der Waals surface area contributed by atoms with Crippen molar-refractivity contribution in [3.8, 4) is 5.69 Å². The number of amides is 2. The Morgan fingerprint density at radius 1 is 1.14 bits per heavy atom. The Balaban J connectivity index is 1.49. The number of likely N-dealkylation sites (tertiary alicyclic amines) is 1. The highest BCUT2D eigenvalue weighted by Crippen LogP contribution is 2.26. The number of hydrogen-bond acceptors (Lipinski definition) is 5. The van der Waals surface area contributed by atoms with E-state index in [9.17, 15) is 9.59 Å². The number of carbonyl (C=O) groups is 2. The van der Waals surface area contributed by atoms with Gasteiger partial charge in [0, 0.05) is 30.6 Å². The number of rotatable bonds is 10. The normalized spacial score (nSPS) is 15.4. The van der Waals surface area contributed by atoms with E-state index in [2.05, 4.69) is 36.3 Å². The van der Waals surface area contributed by atoms with Gasteiger partial charge in [0.1, 0.15) is 5.82 Å². The van der Waals surface area contributed by atoms with Crippen LogP contribution in [0.25, 0.3) is 5.69 Å². The summed E-state index contributed by atoms with van der Waals surface area (Å²) < 4.78 is 7.30. The predicted molar refractivity (Wildman–Crippen MR) is 139 cm³/mol. The molecule has 2 aromatic rings. The zero-order valence-electron chi connectivity index (χ0n) is 21.8. The second-order valence-electron chi connectivity index (χ2n) is 10.6. The van der Waals surface area contributed by atoms with Gasteiger partial charge >= 0.3 is 0 Å². The summed E-state index contributed by atoms with van der Waals surface area (Å²) in [6.07, 6.45) is 2.56. The predicted octanol–water partition coefficient (Wildman–Crippen LogP) is 3.75. The first-order chi connectivity index (χ1) is 16.6. The highest BCUT2D eigenvalue weighted by molar-refractivity contribution is 5.91. The lowest BCUT2D eigenvalue weighted by Crippen LogP contribution is -2.43. The average molecular weight is 484 g/mol. The van der Waals surface area contributed by atoms with Crippen molar-refractivity contribution in [2.45, 2.75) is 65.4 Å². The maximum atomic E-state index is 12.9. The van der Waals surface area contributed by atoms with E-state index in [0.717, 1.165) is 43.7 Å². The van der Waals surface area contributed by atoms with E-state index in [-0.39, 0.29) is 29.3 Å². The lowest BCUT2D eigenvalue weighted by Gasteiger charge is -2.30. The van der Waals surface area contributed by atoms with Gasteiger partial charge in [0.25, 0.3) is 0 Å². The highest BCUT2D eigenvalue weighted by atomic mass is 16.5. The number of nitrogens with one attached hydrogen (secondary N) is 2. The van der Waals surface area contributed by atoms with Crippen LogP contribution in [0.2, 0.25) is 0 Å². The Kier molecular flexibility index (Phi) is 9.46. The van der Waals surface area contributed by atoms with Crippen LogP contribution in [-0.4, -0.2) is 65.4 Å². The fourth-order valence-electron chi connectivity index (χ4n) is 4.09. The molecule has 1 aliphatic rings. The minimum atomic E-state index is -0.136. The second-order valence-corrected chi connectivity index (χ2v) is 10.6. The Morgan fingerprint density at radius 3 is 2.46 bits per heavy atom. The van der Waals surface area contributed by atoms with Gasteiger partial charge in [-0.05, 0) is 58.3 Å². The first-order valence-corrected chi connectivity index (χ1v) is 12.7. The van der Waals surface area contributed by atoms with Crippen molar-refractivity contribution in [1.82, 2.24) is 20.0 Å². The number of aromatic nitrogens is 2. The summed E-state index contributed by atoms with van der Waals surface area (Å²) >= 11 is 0. The number of anilines is 1. The van der Waals surface area contributed by atoms with Gasteiger partial charge in [-0.3, -0.25) is 14.5 Å². The quantitative estimate of drug-likeness (QED) is 0.503. The second kappa shape index (κ2) is 12.3. The minimum Gasteiger partial charge on any atom is -0.379 e. The van der Waals surface area contributed by atoms with Gasteiger partial charge in [0.05, 0.1) is 24.0 Å². The largest absolute Gasteiger partial charge is 0.379 e. The van der Waals surface area contributed by atoms with Crippen molar-refractivity contribution < 1.29 is 14.3 Å². The van der Waals surface area contributed by atoms with Gasteiger partial charge < -0.3 is 15.4 Å². The summed E-state index contributed by atoms with van der Waals surface area (Å²) in [5, 5.41) is 10.8. The van der Waals surface area contributed by atoms with Crippen molar-refractivity contribution in [2.75, 3.05) is 38.1 Å². The molecule has 1 aromatic heterocycles. The van der Waals surface area contributed by atoms with E-state index in [1.807, 2.05) is 50.2 Å². The van der Waals surface area contributed by atoms with Crippen molar-refractivity contribution >= 4 is 17.6 Å². The van der Waals surface area contributed by atoms with Crippen LogP contribution in [0.3, 0.4) is 0 Å². The molecule has 2 amide bonds. The number of carbonyl (C=O) groups excluding carboxylic acids is 2. The van der Waals surface area contributed by atoms with Crippen molar-refractivity contribution in [3.63, 3.8) is 0 Å². The molecule has 8 heteroatoms. The third kappa shape index (κ3) is 8.18. The molecule has 3 rings (SSSR count). The molecule has 8 nitrogen and oxygen atoms in total. The topological polar surface area (TPSA) is 88.5 Å². The monoisotopic (exact) mass is 483 g/mol. The summed E-state index contributed by atoms with van der Waals surface area (Å²) in [5.74, 6) is 0.715. The molecule has 2 heterocycles. The van der Waals surface area contributed by atoms with Gasteiger partial charge in [-0.2, -0.15) is 5.10 Å². The lowest BCUT2D eigenvalue weighted by atomic mass is 9.92.